The Balaban J connectivity index is 1.61. The second-order valence-electron chi connectivity index (χ2n) is 8.91. The van der Waals surface area contributed by atoms with E-state index >= 15 is 0 Å². The molecule has 3 N–H and O–H groups in total. The summed E-state index contributed by atoms with van der Waals surface area (Å²) in [4.78, 5) is 13.2. The molecule has 4 aliphatic rings. The fourth-order valence-electron chi connectivity index (χ4n) is 6.60. The van der Waals surface area contributed by atoms with Gasteiger partial charge >= 0.3 is 5.97 Å². The smallest absolute Gasteiger partial charge is 0.312 e. The standard InChI is InChI=1S/C20H26O7/c1-11-6-16(23)19-9-26-17(24)18(11,7-13(21)12-4-5-25-8-12)14(19)2-3-15(22)20(19)10-27-20/h4-5,8,11,13-16,21-23H,2-3,6-7,9-10H2,1H3/t11-,13+,14-,15+,16-,18-,19+,20-/m1/s1. The zero-order chi connectivity index (χ0) is 19.0. The summed E-state index contributed by atoms with van der Waals surface area (Å²) in [7, 11) is 0. The Morgan fingerprint density at radius 2 is 2.04 bits per heavy atom. The van der Waals surface area contributed by atoms with Crippen molar-refractivity contribution in [2.24, 2.45) is 22.7 Å². The van der Waals surface area contributed by atoms with Crippen molar-refractivity contribution in [1.82, 2.24) is 0 Å². The molecule has 2 aliphatic carbocycles. The second kappa shape index (κ2) is 5.56. The van der Waals surface area contributed by atoms with Crippen LogP contribution in [0.1, 0.15) is 44.3 Å². The number of ether oxygens (including phenoxy) is 2. The summed E-state index contributed by atoms with van der Waals surface area (Å²) < 4.78 is 16.5. The van der Waals surface area contributed by atoms with Crippen molar-refractivity contribution in [2.45, 2.75) is 56.5 Å². The van der Waals surface area contributed by atoms with Gasteiger partial charge in [0.15, 0.2) is 0 Å². The van der Waals surface area contributed by atoms with Crippen LogP contribution < -0.4 is 0 Å². The van der Waals surface area contributed by atoms with Gasteiger partial charge in [0.25, 0.3) is 0 Å². The Labute approximate surface area is 157 Å². The first kappa shape index (κ1) is 17.7. The van der Waals surface area contributed by atoms with Crippen molar-refractivity contribution in [1.29, 1.82) is 0 Å². The maximum Gasteiger partial charge on any atom is 0.312 e. The Morgan fingerprint density at radius 1 is 1.26 bits per heavy atom. The van der Waals surface area contributed by atoms with E-state index in [0.29, 0.717) is 31.4 Å². The number of hydrogen-bond acceptors (Lipinski definition) is 7. The fourth-order valence-corrected chi connectivity index (χ4v) is 6.60. The lowest BCUT2D eigenvalue weighted by Gasteiger charge is -2.65. The lowest BCUT2D eigenvalue weighted by atomic mass is 9.41. The molecule has 4 fully saturated rings. The molecule has 2 bridgehead atoms. The van der Waals surface area contributed by atoms with Gasteiger partial charge in [-0.2, -0.15) is 0 Å². The van der Waals surface area contributed by atoms with Crippen LogP contribution in [0, 0.1) is 22.7 Å². The molecule has 1 aromatic heterocycles. The minimum absolute atomic E-state index is 0.0605. The van der Waals surface area contributed by atoms with Crippen molar-refractivity contribution in [3.63, 3.8) is 0 Å². The summed E-state index contributed by atoms with van der Waals surface area (Å²) in [5.41, 5.74) is -1.96. The zero-order valence-electron chi connectivity index (χ0n) is 15.3. The lowest BCUT2D eigenvalue weighted by Crippen LogP contribution is -2.74. The third kappa shape index (κ3) is 1.98. The average Bonchev–Trinajstić information content (AvgIpc) is 3.24. The number of furan rings is 1. The molecule has 5 rings (SSSR count). The number of esters is 1. The number of epoxide rings is 1. The molecule has 7 nitrogen and oxygen atoms in total. The highest BCUT2D eigenvalue weighted by atomic mass is 16.6. The van der Waals surface area contributed by atoms with Crippen molar-refractivity contribution in [3.8, 4) is 0 Å². The highest BCUT2D eigenvalue weighted by Crippen LogP contribution is 2.71. The Morgan fingerprint density at radius 3 is 2.70 bits per heavy atom. The Kier molecular flexibility index (Phi) is 3.64. The van der Waals surface area contributed by atoms with E-state index in [2.05, 4.69) is 0 Å². The average molecular weight is 378 g/mol. The largest absolute Gasteiger partial charge is 0.472 e. The molecule has 0 radical (unpaired) electrons. The minimum Gasteiger partial charge on any atom is -0.472 e. The third-order valence-electron chi connectivity index (χ3n) is 8.09. The molecule has 1 spiro atoms. The molecule has 0 aromatic carbocycles. The van der Waals surface area contributed by atoms with E-state index in [1.165, 1.54) is 12.5 Å². The number of rotatable bonds is 3. The summed E-state index contributed by atoms with van der Waals surface area (Å²) in [6.45, 7) is 2.38. The molecular weight excluding hydrogens is 352 g/mol. The van der Waals surface area contributed by atoms with Gasteiger partial charge in [0.1, 0.15) is 12.2 Å². The van der Waals surface area contributed by atoms with Crippen LogP contribution in [0.2, 0.25) is 0 Å². The van der Waals surface area contributed by atoms with E-state index in [1.807, 2.05) is 6.92 Å². The summed E-state index contributed by atoms with van der Waals surface area (Å²) >= 11 is 0. The zero-order valence-corrected chi connectivity index (χ0v) is 15.3. The number of carbonyl (C=O) groups is 1. The van der Waals surface area contributed by atoms with E-state index in [1.54, 1.807) is 6.07 Å². The third-order valence-corrected chi connectivity index (χ3v) is 8.09. The van der Waals surface area contributed by atoms with Crippen LogP contribution in [0.15, 0.2) is 23.0 Å². The van der Waals surface area contributed by atoms with E-state index < -0.39 is 34.7 Å². The van der Waals surface area contributed by atoms with Crippen LogP contribution in [-0.4, -0.2) is 52.3 Å². The van der Waals surface area contributed by atoms with Crippen LogP contribution in [-0.2, 0) is 14.3 Å². The normalized spacial score (nSPS) is 49.4. The van der Waals surface area contributed by atoms with Crippen molar-refractivity contribution >= 4 is 5.97 Å². The predicted octanol–water partition coefficient (Wildman–Crippen LogP) is 1.17. The van der Waals surface area contributed by atoms with Gasteiger partial charge in [0, 0.05) is 5.56 Å². The van der Waals surface area contributed by atoms with Crippen LogP contribution >= 0.6 is 0 Å². The molecule has 0 unspecified atom stereocenters. The van der Waals surface area contributed by atoms with Gasteiger partial charge in [-0.1, -0.05) is 6.92 Å². The van der Waals surface area contributed by atoms with Gasteiger partial charge in [-0.25, -0.2) is 0 Å². The molecule has 8 atom stereocenters. The van der Waals surface area contributed by atoms with E-state index in [9.17, 15) is 20.1 Å². The highest BCUT2D eigenvalue weighted by molar-refractivity contribution is 5.79. The van der Waals surface area contributed by atoms with Crippen LogP contribution in [0.3, 0.4) is 0 Å². The monoisotopic (exact) mass is 378 g/mol. The van der Waals surface area contributed by atoms with Gasteiger partial charge in [-0.15, -0.1) is 0 Å². The van der Waals surface area contributed by atoms with Crippen LogP contribution in [0.25, 0.3) is 0 Å². The molecule has 27 heavy (non-hydrogen) atoms. The lowest BCUT2D eigenvalue weighted by molar-refractivity contribution is -0.276. The molecule has 0 amide bonds. The molecule has 148 valence electrons. The molecule has 1 aromatic rings. The van der Waals surface area contributed by atoms with Crippen molar-refractivity contribution in [3.05, 3.63) is 24.2 Å². The van der Waals surface area contributed by atoms with Crippen LogP contribution in [0.4, 0.5) is 0 Å². The first-order valence-corrected chi connectivity index (χ1v) is 9.76. The summed E-state index contributed by atoms with van der Waals surface area (Å²) in [5.74, 6) is -0.680. The van der Waals surface area contributed by atoms with E-state index in [4.69, 9.17) is 13.9 Å². The minimum atomic E-state index is -0.923. The maximum atomic E-state index is 13.2. The predicted molar refractivity (Wildman–Crippen MR) is 91.3 cm³/mol. The summed E-state index contributed by atoms with van der Waals surface area (Å²) in [6, 6.07) is 1.70. The van der Waals surface area contributed by atoms with E-state index in [-0.39, 0.29) is 30.8 Å². The second-order valence-corrected chi connectivity index (χ2v) is 8.91. The molecule has 2 saturated carbocycles. The SMILES string of the molecule is C[C@@H]1C[C@@H](O)[C@]23COC(=O)[C@@]1(C[C@H](O)c1ccoc1)[C@H]2CC[C@H](O)[C@]31CO1. The quantitative estimate of drug-likeness (QED) is 0.535. The van der Waals surface area contributed by atoms with Gasteiger partial charge in [-0.3, -0.25) is 4.79 Å². The highest BCUT2D eigenvalue weighted by Gasteiger charge is 2.80. The number of carbonyl (C=O) groups excluding carboxylic acids is 1. The van der Waals surface area contributed by atoms with Crippen molar-refractivity contribution < 1.29 is 34.0 Å². The Bertz CT molecular complexity index is 742. The first-order valence-electron chi connectivity index (χ1n) is 9.76. The number of hydrogen-bond donors (Lipinski definition) is 3. The Hall–Kier alpha value is -1.41. The van der Waals surface area contributed by atoms with Gasteiger partial charge in [0.2, 0.25) is 0 Å². The number of aliphatic hydroxyl groups is 3. The fraction of sp³-hybridized carbons (Fsp3) is 0.750. The van der Waals surface area contributed by atoms with Gasteiger partial charge in [-0.05, 0) is 43.6 Å². The van der Waals surface area contributed by atoms with E-state index in [0.717, 1.165) is 0 Å². The first-order chi connectivity index (χ1) is 12.9. The molecular formula is C20H26O7. The molecule has 2 aliphatic heterocycles. The topological polar surface area (TPSA) is 113 Å². The molecule has 3 heterocycles. The molecule has 7 heteroatoms. The number of aliphatic hydroxyl groups excluding tert-OH is 3. The summed E-state index contributed by atoms with van der Waals surface area (Å²) in [6.07, 6.45) is 2.46. The molecule has 2 saturated heterocycles. The van der Waals surface area contributed by atoms with Crippen LogP contribution in [0.5, 0.6) is 0 Å². The maximum absolute atomic E-state index is 13.2. The van der Waals surface area contributed by atoms with Gasteiger partial charge < -0.3 is 29.2 Å². The summed E-state index contributed by atoms with van der Waals surface area (Å²) in [5, 5.41) is 32.6. The van der Waals surface area contributed by atoms with Crippen molar-refractivity contribution in [2.75, 3.05) is 13.2 Å². The number of cyclic esters (lactones) is 1. The van der Waals surface area contributed by atoms with Gasteiger partial charge in [0.05, 0.1) is 48.3 Å².